The molecule has 12 heteroatoms. The summed E-state index contributed by atoms with van der Waals surface area (Å²) in [5.74, 6) is 0. The molecule has 1 unspecified atom stereocenters. The Balaban J connectivity index is 2.38. The van der Waals surface area contributed by atoms with Crippen molar-refractivity contribution in [2.24, 2.45) is 0 Å². The van der Waals surface area contributed by atoms with Crippen molar-refractivity contribution in [3.05, 3.63) is 33.1 Å². The topological polar surface area (TPSA) is 123 Å². The van der Waals surface area contributed by atoms with Crippen LogP contribution in [0.5, 0.6) is 0 Å². The number of aromatic nitrogens is 2. The molecule has 0 radical (unpaired) electrons. The number of thiol groups is 1. The van der Waals surface area contributed by atoms with Crippen LogP contribution in [-0.2, 0) is 25.8 Å². The van der Waals surface area contributed by atoms with Gasteiger partial charge in [-0.2, -0.15) is 0 Å². The van der Waals surface area contributed by atoms with Gasteiger partial charge in [-0.05, 0) is 11.8 Å². The normalized spacial score (nSPS) is 31.1. The van der Waals surface area contributed by atoms with E-state index in [0.717, 1.165) is 10.6 Å². The molecule has 1 aromatic rings. The molecule has 1 aromatic heterocycles. The minimum atomic E-state index is -3.34. The molecule has 0 aromatic carbocycles. The largest absolute Gasteiger partial charge is 0.394 e. The molecular weight excluding hydrogens is 355 g/mol. The molecule has 0 aliphatic carbocycles. The molecule has 22 heavy (non-hydrogen) atoms. The molecule has 9 nitrogen and oxygen atoms in total. The van der Waals surface area contributed by atoms with Crippen molar-refractivity contribution >= 4 is 29.7 Å². The zero-order valence-corrected chi connectivity index (χ0v) is 14.0. The van der Waals surface area contributed by atoms with Crippen LogP contribution < -0.4 is 11.2 Å². The van der Waals surface area contributed by atoms with Crippen molar-refractivity contribution in [2.45, 2.75) is 24.5 Å². The van der Waals surface area contributed by atoms with Crippen LogP contribution in [0.1, 0.15) is 6.23 Å². The third-order valence-electron chi connectivity index (χ3n) is 3.12. The SMILES string of the molecule is CO[C@@H]1[C@H](OP(O)(=S)S)[C@@H](CO)O[C@H]1n1ccc(=O)[nH]c1=O. The number of nitrogens with zero attached hydrogens (tertiary/aromatic N) is 1. The van der Waals surface area contributed by atoms with Gasteiger partial charge in [-0.25, -0.2) is 4.79 Å². The fourth-order valence-corrected chi connectivity index (χ4v) is 3.44. The van der Waals surface area contributed by atoms with E-state index in [1.807, 2.05) is 0 Å². The predicted molar refractivity (Wildman–Crippen MR) is 83.5 cm³/mol. The van der Waals surface area contributed by atoms with Crippen LogP contribution in [0, 0.1) is 0 Å². The van der Waals surface area contributed by atoms with Crippen molar-refractivity contribution in [1.82, 2.24) is 9.55 Å². The molecule has 2 rings (SSSR count). The van der Waals surface area contributed by atoms with Crippen LogP contribution in [0.4, 0.5) is 0 Å². The van der Waals surface area contributed by atoms with Gasteiger partial charge in [0.15, 0.2) is 6.23 Å². The second-order valence-corrected chi connectivity index (χ2v) is 9.64. The number of aromatic amines is 1. The summed E-state index contributed by atoms with van der Waals surface area (Å²) < 4.78 is 17.2. The molecule has 0 amide bonds. The number of methoxy groups -OCH3 is 1. The van der Waals surface area contributed by atoms with E-state index in [1.54, 1.807) is 0 Å². The molecule has 1 aliphatic heterocycles. The molecule has 3 N–H and O–H groups in total. The van der Waals surface area contributed by atoms with Gasteiger partial charge in [0.2, 0.25) is 5.69 Å². The number of aliphatic hydroxyl groups is 1. The highest BCUT2D eigenvalue weighted by atomic mass is 32.9. The summed E-state index contributed by atoms with van der Waals surface area (Å²) >= 11 is 8.51. The number of hydrogen-bond acceptors (Lipinski definition) is 7. The van der Waals surface area contributed by atoms with Gasteiger partial charge < -0.3 is 24.0 Å². The number of nitrogens with one attached hydrogen (secondary N) is 1. The van der Waals surface area contributed by atoms with Gasteiger partial charge in [0.1, 0.15) is 18.3 Å². The molecule has 1 aliphatic rings. The number of rotatable bonds is 5. The summed E-state index contributed by atoms with van der Waals surface area (Å²) in [4.78, 5) is 34.7. The predicted octanol–water partition coefficient (Wildman–Crippen LogP) is -1.03. The van der Waals surface area contributed by atoms with E-state index in [4.69, 9.17) is 25.8 Å². The maximum Gasteiger partial charge on any atom is 0.330 e. The van der Waals surface area contributed by atoms with Crippen LogP contribution in [0.15, 0.2) is 21.9 Å². The van der Waals surface area contributed by atoms with Crippen molar-refractivity contribution < 1.29 is 24.0 Å². The van der Waals surface area contributed by atoms with E-state index in [1.165, 1.54) is 13.3 Å². The highest BCUT2D eigenvalue weighted by molar-refractivity contribution is 8.59. The number of hydrogen-bond donors (Lipinski definition) is 4. The standard InChI is InChI=1S/C10H15N2O7PS2/c1-17-8-7(19-20(16,21)22)5(4-13)18-9(8)12-3-2-6(14)11-10(12)15/h2-3,5,7-9,13H,4H2,1H3,(H,11,14,15)(H2,16,21,22)/t5-,7-,8-,9-/m1/s1. The zero-order chi connectivity index (χ0) is 16.5. The van der Waals surface area contributed by atoms with Crippen LogP contribution >= 0.6 is 17.9 Å². The number of H-pyrrole nitrogens is 1. The van der Waals surface area contributed by atoms with Crippen LogP contribution in [0.25, 0.3) is 0 Å². The summed E-state index contributed by atoms with van der Waals surface area (Å²) in [5.41, 5.74) is -4.60. The summed E-state index contributed by atoms with van der Waals surface area (Å²) in [6.07, 6.45) is -2.37. The van der Waals surface area contributed by atoms with E-state index in [9.17, 15) is 19.6 Å². The quantitative estimate of drug-likeness (QED) is 0.383. The third kappa shape index (κ3) is 3.87. The second kappa shape index (κ2) is 6.93. The molecule has 0 spiro atoms. The highest BCUT2D eigenvalue weighted by Gasteiger charge is 2.48. The summed E-state index contributed by atoms with van der Waals surface area (Å²) in [6, 6.07) is 1.15. The molecular formula is C10H15N2O7PS2. The zero-order valence-electron chi connectivity index (χ0n) is 11.4. The number of ether oxygens (including phenoxy) is 2. The van der Waals surface area contributed by atoms with Crippen LogP contribution in [0.3, 0.4) is 0 Å². The smallest absolute Gasteiger partial charge is 0.330 e. The summed E-state index contributed by atoms with van der Waals surface area (Å²) in [5, 5.41) is 9.39. The Hall–Kier alpha value is -0.520. The Morgan fingerprint density at radius 3 is 2.73 bits per heavy atom. The minimum Gasteiger partial charge on any atom is -0.394 e. The maximum absolute atomic E-state index is 11.9. The van der Waals surface area contributed by atoms with E-state index in [2.05, 4.69) is 17.2 Å². The fraction of sp³-hybridized carbons (Fsp3) is 0.600. The third-order valence-corrected chi connectivity index (χ3v) is 4.18. The van der Waals surface area contributed by atoms with Crippen molar-refractivity contribution in [3.8, 4) is 0 Å². The lowest BCUT2D eigenvalue weighted by molar-refractivity contribution is -0.0625. The fourth-order valence-electron chi connectivity index (χ4n) is 2.24. The lowest BCUT2D eigenvalue weighted by Crippen LogP contribution is -2.39. The lowest BCUT2D eigenvalue weighted by Gasteiger charge is -2.24. The van der Waals surface area contributed by atoms with E-state index in [0.29, 0.717) is 0 Å². The highest BCUT2D eigenvalue weighted by Crippen LogP contribution is 2.51. The van der Waals surface area contributed by atoms with Gasteiger partial charge in [-0.1, -0.05) is 12.2 Å². The molecule has 1 fully saturated rings. The average Bonchev–Trinajstić information content (AvgIpc) is 2.74. The van der Waals surface area contributed by atoms with Gasteiger partial charge in [-0.15, -0.1) is 0 Å². The van der Waals surface area contributed by atoms with Crippen molar-refractivity contribution in [2.75, 3.05) is 13.7 Å². The van der Waals surface area contributed by atoms with E-state index in [-0.39, 0.29) is 0 Å². The molecule has 124 valence electrons. The van der Waals surface area contributed by atoms with Crippen LogP contribution in [-0.4, -0.2) is 51.6 Å². The Morgan fingerprint density at radius 2 is 2.23 bits per heavy atom. The molecule has 2 heterocycles. The minimum absolute atomic E-state index is 0.442. The van der Waals surface area contributed by atoms with Crippen molar-refractivity contribution in [1.29, 1.82) is 0 Å². The Morgan fingerprint density at radius 1 is 1.55 bits per heavy atom. The van der Waals surface area contributed by atoms with E-state index < -0.39 is 48.1 Å². The first kappa shape index (κ1) is 17.8. The summed E-state index contributed by atoms with van der Waals surface area (Å²) in [6.45, 7) is -0.442. The van der Waals surface area contributed by atoms with Gasteiger partial charge in [0, 0.05) is 19.4 Å². The first-order valence-electron chi connectivity index (χ1n) is 6.11. The monoisotopic (exact) mass is 370 g/mol. The van der Waals surface area contributed by atoms with Gasteiger partial charge in [-0.3, -0.25) is 14.3 Å². The number of aliphatic hydroxyl groups excluding tert-OH is 1. The first-order valence-corrected chi connectivity index (χ1v) is 9.94. The van der Waals surface area contributed by atoms with Crippen LogP contribution in [0.2, 0.25) is 0 Å². The summed E-state index contributed by atoms with van der Waals surface area (Å²) in [7, 11) is 1.35. The maximum atomic E-state index is 11.9. The Bertz CT molecular complexity index is 686. The molecule has 5 atom stereocenters. The molecule has 0 bridgehead atoms. The second-order valence-electron chi connectivity index (χ2n) is 4.53. The van der Waals surface area contributed by atoms with Gasteiger partial charge >= 0.3 is 5.69 Å². The average molecular weight is 370 g/mol. The van der Waals surface area contributed by atoms with Crippen molar-refractivity contribution in [3.63, 3.8) is 0 Å². The van der Waals surface area contributed by atoms with Gasteiger partial charge in [0.05, 0.1) is 6.61 Å². The van der Waals surface area contributed by atoms with E-state index >= 15 is 0 Å². The lowest BCUT2D eigenvalue weighted by atomic mass is 10.1. The molecule has 1 saturated heterocycles. The Kier molecular flexibility index (Phi) is 5.62. The molecule has 0 saturated carbocycles. The van der Waals surface area contributed by atoms with Gasteiger partial charge in [0.25, 0.3) is 5.56 Å². The Labute approximate surface area is 135 Å². The first-order chi connectivity index (χ1) is 10.3.